The maximum Gasteiger partial charge on any atom is 0.252 e. The van der Waals surface area contributed by atoms with Gasteiger partial charge in [-0.25, -0.2) is 0 Å². The van der Waals surface area contributed by atoms with E-state index in [-0.39, 0.29) is 12.1 Å². The van der Waals surface area contributed by atoms with Gasteiger partial charge in [-0.15, -0.1) is 0 Å². The lowest BCUT2D eigenvalue weighted by Crippen LogP contribution is -2.61. The normalized spacial score (nSPS) is 14.0. The zero-order valence-corrected chi connectivity index (χ0v) is 36.5. The number of aryl methyl sites for hydroxylation is 1. The number of fused-ring (bicyclic) bond motifs is 8. The fourth-order valence-electron chi connectivity index (χ4n) is 10.0. The minimum absolute atomic E-state index is 0.0829. The predicted molar refractivity (Wildman–Crippen MR) is 259 cm³/mol. The topological polar surface area (TPSA) is 51.2 Å². The Morgan fingerprint density at radius 3 is 1.84 bits per heavy atom. The first kappa shape index (κ1) is 37.6. The van der Waals surface area contributed by atoms with Gasteiger partial charge >= 0.3 is 0 Å². The molecule has 0 amide bonds. The second kappa shape index (κ2) is 13.9. The maximum atomic E-state index is 6.64. The number of furan rings is 2. The van der Waals surface area contributed by atoms with E-state index >= 15 is 0 Å². The summed E-state index contributed by atoms with van der Waals surface area (Å²) in [6, 6.07) is 52.8. The van der Waals surface area contributed by atoms with Crippen molar-refractivity contribution in [2.45, 2.75) is 52.9 Å². The third kappa shape index (κ3) is 6.00. The molecule has 0 saturated carbocycles. The van der Waals surface area contributed by atoms with E-state index in [1.165, 1.54) is 27.5 Å². The smallest absolute Gasteiger partial charge is 0.252 e. The molecule has 7 aromatic carbocycles. The summed E-state index contributed by atoms with van der Waals surface area (Å²) in [5.41, 5.74) is 17.5. The van der Waals surface area contributed by atoms with Gasteiger partial charge in [0.25, 0.3) is 6.71 Å². The molecule has 308 valence electrons. The van der Waals surface area contributed by atoms with Crippen LogP contribution >= 0.6 is 0 Å². The number of nitrogens with zero attached hydrogens (tertiary/aromatic N) is 2. The molecule has 7 heteroatoms. The van der Waals surface area contributed by atoms with E-state index in [0.717, 1.165) is 95.8 Å². The molecule has 12 rings (SSSR count). The fraction of sp³-hybridized carbons (Fsp3) is 0.179. The van der Waals surface area contributed by atoms with Gasteiger partial charge in [0.05, 0.1) is 5.69 Å². The summed E-state index contributed by atoms with van der Waals surface area (Å²) < 4.78 is 26.2. The molecule has 5 heterocycles. The summed E-state index contributed by atoms with van der Waals surface area (Å²) in [6.45, 7) is 14.5. The summed E-state index contributed by atoms with van der Waals surface area (Å²) >= 11 is 0. The van der Waals surface area contributed by atoms with Crippen LogP contribution in [0.5, 0.6) is 11.5 Å². The van der Waals surface area contributed by atoms with E-state index in [1.807, 2.05) is 24.3 Å². The highest BCUT2D eigenvalue weighted by molar-refractivity contribution is 7.00. The Labute approximate surface area is 368 Å². The lowest BCUT2D eigenvalue weighted by molar-refractivity contribution is 0.172. The molecule has 0 spiro atoms. The lowest BCUT2D eigenvalue weighted by atomic mass is 9.33. The molecule has 0 fully saturated rings. The summed E-state index contributed by atoms with van der Waals surface area (Å²) in [6.07, 6.45) is 0. The second-order valence-corrected chi connectivity index (χ2v) is 18.7. The van der Waals surface area contributed by atoms with Crippen LogP contribution in [0.1, 0.15) is 57.2 Å². The van der Waals surface area contributed by atoms with Crippen molar-refractivity contribution in [1.29, 1.82) is 0 Å². The van der Waals surface area contributed by atoms with Gasteiger partial charge in [0, 0.05) is 50.3 Å². The molecule has 0 atom stereocenters. The Hall–Kier alpha value is -7.12. The van der Waals surface area contributed by atoms with Gasteiger partial charge < -0.3 is 28.1 Å². The van der Waals surface area contributed by atoms with Crippen molar-refractivity contribution in [3.8, 4) is 34.1 Å². The van der Waals surface area contributed by atoms with Crippen molar-refractivity contribution in [3.05, 3.63) is 162 Å². The van der Waals surface area contributed by atoms with Crippen molar-refractivity contribution in [1.82, 2.24) is 0 Å². The number of hydrogen-bond acceptors (Lipinski definition) is 6. The van der Waals surface area contributed by atoms with Gasteiger partial charge in [-0.1, -0.05) is 101 Å². The second-order valence-electron chi connectivity index (χ2n) is 18.7. The van der Waals surface area contributed by atoms with Crippen LogP contribution in [-0.2, 0) is 5.41 Å². The van der Waals surface area contributed by atoms with Crippen LogP contribution in [0, 0.1) is 6.92 Å². The van der Waals surface area contributed by atoms with Crippen molar-refractivity contribution < 1.29 is 18.3 Å². The zero-order chi connectivity index (χ0) is 42.7. The van der Waals surface area contributed by atoms with Crippen LogP contribution in [0.2, 0.25) is 0 Å². The summed E-state index contributed by atoms with van der Waals surface area (Å²) in [5, 5.41) is 2.13. The van der Waals surface area contributed by atoms with Crippen LogP contribution in [-0.4, -0.2) is 19.9 Å². The van der Waals surface area contributed by atoms with Crippen molar-refractivity contribution in [3.63, 3.8) is 0 Å². The Kier molecular flexibility index (Phi) is 8.33. The van der Waals surface area contributed by atoms with Gasteiger partial charge in [-0.2, -0.15) is 0 Å². The Morgan fingerprint density at radius 2 is 1.21 bits per heavy atom. The molecule has 0 radical (unpaired) electrons. The first-order chi connectivity index (χ1) is 30.6. The highest BCUT2D eigenvalue weighted by Crippen LogP contribution is 2.51. The Morgan fingerprint density at radius 1 is 0.571 bits per heavy atom. The van der Waals surface area contributed by atoms with Crippen LogP contribution in [0.25, 0.3) is 44.6 Å². The largest absolute Gasteiger partial charge is 0.486 e. The minimum atomic E-state index is -0.0884. The summed E-state index contributed by atoms with van der Waals surface area (Å²) in [4.78, 5) is 4.90. The molecule has 0 N–H and O–H groups in total. The van der Waals surface area contributed by atoms with Crippen molar-refractivity contribution >= 4 is 79.2 Å². The quantitative estimate of drug-likeness (QED) is 0.161. The molecule has 63 heavy (non-hydrogen) atoms. The summed E-state index contributed by atoms with van der Waals surface area (Å²) in [7, 11) is 0. The molecule has 9 aromatic rings. The van der Waals surface area contributed by atoms with Crippen LogP contribution in [0.15, 0.2) is 154 Å². The average Bonchev–Trinajstić information content (AvgIpc) is 3.94. The molecular formula is C56H47BN2O4. The van der Waals surface area contributed by atoms with Gasteiger partial charge in [0.1, 0.15) is 35.9 Å². The molecule has 0 bridgehead atoms. The lowest BCUT2D eigenvalue weighted by Gasteiger charge is -2.45. The number of anilines is 6. The highest BCUT2D eigenvalue weighted by Gasteiger charge is 2.46. The average molecular weight is 823 g/mol. The standard InChI is InChI=1S/C56H47BN2O4/c1-33(2)35-15-18-41(19-16-35)59-47-26-34(3)25-46-53(47)57(43-20-22-50-55(54(43)59)61-24-23-60-50)44-32-40(56(4,5)6)17-21-45(44)58(46)42-28-38(51-30-36-11-7-9-13-48(36)62-51)27-39(29-42)52-31-37-12-8-10-14-49(37)63-52/h7-22,25-33H,23-24H2,1-6H3. The van der Waals surface area contributed by atoms with Gasteiger partial charge in [-0.05, 0) is 130 Å². The Bertz CT molecular complexity index is 3140. The monoisotopic (exact) mass is 822 g/mol. The number of hydrogen-bond donors (Lipinski definition) is 0. The molecule has 0 saturated heterocycles. The fourth-order valence-corrected chi connectivity index (χ4v) is 10.0. The van der Waals surface area contributed by atoms with Gasteiger partial charge in [0.15, 0.2) is 11.5 Å². The highest BCUT2D eigenvalue weighted by atomic mass is 16.6. The number of rotatable bonds is 5. The van der Waals surface area contributed by atoms with E-state index < -0.39 is 0 Å². The molecule has 3 aliphatic heterocycles. The van der Waals surface area contributed by atoms with E-state index in [1.54, 1.807) is 0 Å². The van der Waals surface area contributed by atoms with Gasteiger partial charge in [0.2, 0.25) is 0 Å². The molecular weight excluding hydrogens is 775 g/mol. The van der Waals surface area contributed by atoms with E-state index in [9.17, 15) is 0 Å². The van der Waals surface area contributed by atoms with Crippen LogP contribution in [0.4, 0.5) is 34.1 Å². The minimum Gasteiger partial charge on any atom is -0.486 e. The first-order valence-electron chi connectivity index (χ1n) is 22.1. The molecule has 0 unspecified atom stereocenters. The zero-order valence-electron chi connectivity index (χ0n) is 36.5. The maximum absolute atomic E-state index is 6.64. The SMILES string of the molecule is Cc1cc2c3c(c1)N(c1ccc(C(C)C)cc1)c1c(ccc4c1OCCO4)B3c1cc(C(C)(C)C)ccc1N2c1cc(-c2cc3ccccc3o2)cc(-c2cc3ccccc3o2)c1. The first-order valence-corrected chi connectivity index (χ1v) is 22.1. The van der Waals surface area contributed by atoms with Gasteiger partial charge in [-0.3, -0.25) is 0 Å². The predicted octanol–water partition coefficient (Wildman–Crippen LogP) is 13.1. The molecule has 6 nitrogen and oxygen atoms in total. The van der Waals surface area contributed by atoms with Crippen LogP contribution < -0.4 is 35.7 Å². The number of benzene rings is 7. The molecule has 0 aliphatic carbocycles. The molecule has 2 aromatic heterocycles. The number of ether oxygens (including phenoxy) is 2. The molecule has 3 aliphatic rings. The van der Waals surface area contributed by atoms with Crippen molar-refractivity contribution in [2.24, 2.45) is 0 Å². The van der Waals surface area contributed by atoms with E-state index in [0.29, 0.717) is 19.1 Å². The van der Waals surface area contributed by atoms with E-state index in [4.69, 9.17) is 18.3 Å². The van der Waals surface area contributed by atoms with Crippen molar-refractivity contribution in [2.75, 3.05) is 23.0 Å². The third-order valence-electron chi connectivity index (χ3n) is 13.2. The van der Waals surface area contributed by atoms with E-state index in [2.05, 4.69) is 173 Å². The number of para-hydroxylation sites is 2. The Balaban J connectivity index is 1.16. The third-order valence-corrected chi connectivity index (χ3v) is 13.2. The van der Waals surface area contributed by atoms with Crippen LogP contribution in [0.3, 0.4) is 0 Å². The summed E-state index contributed by atoms with van der Waals surface area (Å²) in [5.74, 6) is 3.59.